The normalized spacial score (nSPS) is 20.5. The van der Waals surface area contributed by atoms with E-state index in [0.29, 0.717) is 0 Å². The van der Waals surface area contributed by atoms with Gasteiger partial charge < -0.3 is 0 Å². The minimum absolute atomic E-state index is 0.0136. The molecule has 0 saturated carbocycles. The maximum absolute atomic E-state index is 13.2. The van der Waals surface area contributed by atoms with Crippen LogP contribution in [0.25, 0.3) is 0 Å². The molecule has 0 amide bonds. The summed E-state index contributed by atoms with van der Waals surface area (Å²) in [5.41, 5.74) is 0. The summed E-state index contributed by atoms with van der Waals surface area (Å²) >= 11 is 0. The minimum atomic E-state index is -4.13. The highest BCUT2D eigenvalue weighted by Crippen LogP contribution is 2.43. The van der Waals surface area contributed by atoms with Gasteiger partial charge in [0.2, 0.25) is 24.5 Å². The first kappa shape index (κ1) is 17.5. The van der Waals surface area contributed by atoms with Crippen molar-refractivity contribution in [1.29, 1.82) is 0 Å². The van der Waals surface area contributed by atoms with Gasteiger partial charge in [0, 0.05) is 6.42 Å². The predicted molar refractivity (Wildman–Crippen MR) is 93.5 cm³/mol. The molecule has 0 fully saturated rings. The number of rotatable bonds is 5. The van der Waals surface area contributed by atoms with Crippen LogP contribution in [0.4, 0.5) is 0 Å². The largest absolute Gasteiger partial charge is 0.223 e. The average Bonchev–Trinajstić information content (AvgIpc) is 3.14. The first-order chi connectivity index (χ1) is 11.8. The molecule has 0 aromatic heterocycles. The molecule has 8 heteroatoms. The van der Waals surface area contributed by atoms with Gasteiger partial charge in [0.1, 0.15) is 0 Å². The Morgan fingerprint density at radius 1 is 0.880 bits per heavy atom. The third-order valence-corrected chi connectivity index (χ3v) is 8.42. The highest BCUT2D eigenvalue weighted by molar-refractivity contribution is 7.99. The Balaban J connectivity index is 2.17. The van der Waals surface area contributed by atoms with E-state index in [-0.39, 0.29) is 22.8 Å². The van der Waals surface area contributed by atoms with Gasteiger partial charge in [-0.15, -0.1) is 0 Å². The molecular formula is C17H16N2O4S2. The molecule has 130 valence electrons. The summed E-state index contributed by atoms with van der Waals surface area (Å²) in [6.07, 6.45) is -0.0604. The monoisotopic (exact) mass is 376 g/mol. The maximum Gasteiger partial charge on any atom is 0.223 e. The second-order valence-corrected chi connectivity index (χ2v) is 9.68. The molecule has 25 heavy (non-hydrogen) atoms. The molecule has 1 heterocycles. The highest BCUT2D eigenvalue weighted by atomic mass is 32.2. The Morgan fingerprint density at radius 3 is 1.88 bits per heavy atom. The number of hydrogen-bond acceptors (Lipinski definition) is 6. The molecule has 0 spiro atoms. The van der Waals surface area contributed by atoms with E-state index >= 15 is 0 Å². The Bertz CT molecular complexity index is 1030. The second kappa shape index (κ2) is 6.20. The molecule has 3 rings (SSSR count). The molecule has 2 aromatic rings. The van der Waals surface area contributed by atoms with Crippen LogP contribution in [0.1, 0.15) is 6.42 Å². The standard InChI is InChI=1S/C17H16N2O4S2/c1-14(24(20,21)15-8-4-2-5-9-15)17(12-13-18-19-17)25(22,23)16-10-6-3-7-11-16/h2-11H,1,12-13H2. The van der Waals surface area contributed by atoms with Crippen molar-refractivity contribution in [2.75, 3.05) is 6.54 Å². The van der Waals surface area contributed by atoms with Crippen LogP contribution in [0.2, 0.25) is 0 Å². The Labute approximate surface area is 146 Å². The van der Waals surface area contributed by atoms with Gasteiger partial charge in [0.15, 0.2) is 0 Å². The minimum Gasteiger partial charge on any atom is -0.221 e. The maximum atomic E-state index is 13.2. The molecule has 1 aliphatic rings. The van der Waals surface area contributed by atoms with Crippen LogP contribution in [-0.4, -0.2) is 28.3 Å². The average molecular weight is 376 g/mol. The predicted octanol–water partition coefficient (Wildman–Crippen LogP) is 3.00. The van der Waals surface area contributed by atoms with Crippen LogP contribution in [0.15, 0.2) is 92.2 Å². The van der Waals surface area contributed by atoms with Crippen molar-refractivity contribution in [2.45, 2.75) is 21.1 Å². The van der Waals surface area contributed by atoms with Gasteiger partial charge in [0.25, 0.3) is 0 Å². The fraction of sp³-hybridized carbons (Fsp3) is 0.176. The van der Waals surface area contributed by atoms with Crippen LogP contribution >= 0.6 is 0 Å². The van der Waals surface area contributed by atoms with Crippen LogP contribution in [0.3, 0.4) is 0 Å². The molecule has 2 aromatic carbocycles. The third kappa shape index (κ3) is 2.71. The Morgan fingerprint density at radius 2 is 1.40 bits per heavy atom. The van der Waals surface area contributed by atoms with E-state index in [1.165, 1.54) is 24.3 Å². The number of benzene rings is 2. The van der Waals surface area contributed by atoms with Gasteiger partial charge in [0.05, 0.1) is 21.2 Å². The SMILES string of the molecule is C=C(C1(S(=O)(=O)c2ccccc2)CCN=N1)S(=O)(=O)c1ccccc1. The van der Waals surface area contributed by atoms with Crippen molar-refractivity contribution in [1.82, 2.24) is 0 Å². The first-order valence-electron chi connectivity index (χ1n) is 7.50. The van der Waals surface area contributed by atoms with Crippen LogP contribution in [-0.2, 0) is 19.7 Å². The number of nitrogens with zero attached hydrogens (tertiary/aromatic N) is 2. The van der Waals surface area contributed by atoms with E-state index < -0.39 is 29.5 Å². The number of hydrogen-bond donors (Lipinski definition) is 0. The van der Waals surface area contributed by atoms with E-state index in [1.54, 1.807) is 36.4 Å². The van der Waals surface area contributed by atoms with Gasteiger partial charge in [-0.2, -0.15) is 10.2 Å². The lowest BCUT2D eigenvalue weighted by atomic mass is 10.2. The first-order valence-corrected chi connectivity index (χ1v) is 10.5. The third-order valence-electron chi connectivity index (χ3n) is 4.09. The number of azo groups is 1. The summed E-state index contributed by atoms with van der Waals surface area (Å²) in [4.78, 5) is -2.52. The van der Waals surface area contributed by atoms with E-state index in [9.17, 15) is 16.8 Å². The lowest BCUT2D eigenvalue weighted by Gasteiger charge is -2.26. The zero-order valence-electron chi connectivity index (χ0n) is 13.2. The summed E-state index contributed by atoms with van der Waals surface area (Å²) in [6, 6.07) is 15.2. The molecule has 6 nitrogen and oxygen atoms in total. The van der Waals surface area contributed by atoms with Gasteiger partial charge in [-0.25, -0.2) is 16.8 Å². The molecule has 0 bridgehead atoms. The van der Waals surface area contributed by atoms with Gasteiger partial charge in [-0.3, -0.25) is 0 Å². The zero-order chi connectivity index (χ0) is 18.1. The smallest absolute Gasteiger partial charge is 0.221 e. The summed E-state index contributed by atoms with van der Waals surface area (Å²) < 4.78 is 52.3. The number of sulfone groups is 2. The van der Waals surface area contributed by atoms with Gasteiger partial charge in [-0.1, -0.05) is 43.0 Å². The topological polar surface area (TPSA) is 93.0 Å². The molecule has 0 N–H and O–H groups in total. The Hall–Kier alpha value is -2.32. The van der Waals surface area contributed by atoms with Crippen molar-refractivity contribution in [3.05, 3.63) is 72.1 Å². The molecule has 0 aliphatic carbocycles. The molecule has 1 unspecified atom stereocenters. The van der Waals surface area contributed by atoms with Crippen molar-refractivity contribution in [3.63, 3.8) is 0 Å². The summed E-state index contributed by atoms with van der Waals surface area (Å²) in [6.45, 7) is 3.75. The lowest BCUT2D eigenvalue weighted by Crippen LogP contribution is -2.39. The van der Waals surface area contributed by atoms with E-state index in [2.05, 4.69) is 16.8 Å². The fourth-order valence-electron chi connectivity index (χ4n) is 2.70. The summed E-state index contributed by atoms with van der Waals surface area (Å²) in [5, 5.41) is 7.64. The van der Waals surface area contributed by atoms with Crippen molar-refractivity contribution in [2.24, 2.45) is 10.2 Å². The highest BCUT2D eigenvalue weighted by Gasteiger charge is 2.54. The van der Waals surface area contributed by atoms with Crippen molar-refractivity contribution in [3.8, 4) is 0 Å². The van der Waals surface area contributed by atoms with E-state index in [0.717, 1.165) is 0 Å². The molecular weight excluding hydrogens is 360 g/mol. The lowest BCUT2D eigenvalue weighted by molar-refractivity contribution is 0.547. The van der Waals surface area contributed by atoms with Crippen LogP contribution < -0.4 is 0 Å². The molecule has 1 aliphatic heterocycles. The van der Waals surface area contributed by atoms with Crippen LogP contribution in [0, 0.1) is 0 Å². The zero-order valence-corrected chi connectivity index (χ0v) is 14.9. The molecule has 1 atom stereocenters. The van der Waals surface area contributed by atoms with E-state index in [1.807, 2.05) is 0 Å². The quantitative estimate of drug-likeness (QED) is 0.802. The van der Waals surface area contributed by atoms with E-state index in [4.69, 9.17) is 0 Å². The molecule has 0 radical (unpaired) electrons. The summed E-state index contributed by atoms with van der Waals surface area (Å²) in [7, 11) is -8.23. The Kier molecular flexibility index (Phi) is 4.34. The van der Waals surface area contributed by atoms with Crippen molar-refractivity contribution >= 4 is 19.7 Å². The van der Waals surface area contributed by atoms with Crippen LogP contribution in [0.5, 0.6) is 0 Å². The van der Waals surface area contributed by atoms with Crippen molar-refractivity contribution < 1.29 is 16.8 Å². The van der Waals surface area contributed by atoms with Gasteiger partial charge >= 0.3 is 0 Å². The second-order valence-electron chi connectivity index (χ2n) is 5.56. The summed E-state index contributed by atoms with van der Waals surface area (Å²) in [5.74, 6) is 0. The molecule has 0 saturated heterocycles. The van der Waals surface area contributed by atoms with Gasteiger partial charge in [-0.05, 0) is 24.3 Å². The fourth-order valence-corrected chi connectivity index (χ4v) is 6.45.